The number of rotatable bonds is 3. The molecule has 3 heterocycles. The molecule has 0 aliphatic carbocycles. The molecular formula is C13H10ClN3O2S2. The number of halogens is 1. The van der Waals surface area contributed by atoms with Gasteiger partial charge in [0.15, 0.2) is 4.96 Å². The van der Waals surface area contributed by atoms with Crippen LogP contribution in [0.4, 0.5) is 0 Å². The van der Waals surface area contributed by atoms with Crippen LogP contribution in [-0.4, -0.2) is 21.5 Å². The lowest BCUT2D eigenvalue weighted by Crippen LogP contribution is -2.16. The number of thiazole rings is 2. The lowest BCUT2D eigenvalue weighted by Gasteiger charge is -2.03. The Kier molecular flexibility index (Phi) is 3.79. The van der Waals surface area contributed by atoms with Crippen molar-refractivity contribution in [2.45, 2.75) is 6.92 Å². The van der Waals surface area contributed by atoms with Gasteiger partial charge in [-0.3, -0.25) is 9.20 Å². The van der Waals surface area contributed by atoms with E-state index in [-0.39, 0.29) is 11.3 Å². The van der Waals surface area contributed by atoms with E-state index in [4.69, 9.17) is 16.3 Å². The Morgan fingerprint density at radius 2 is 2.19 bits per heavy atom. The molecular weight excluding hydrogens is 330 g/mol. The third-order valence-electron chi connectivity index (χ3n) is 2.74. The first kappa shape index (κ1) is 14.2. The molecule has 0 atom stereocenters. The first-order chi connectivity index (χ1) is 10.1. The van der Waals surface area contributed by atoms with E-state index in [1.807, 2.05) is 13.0 Å². The van der Waals surface area contributed by atoms with Crippen molar-refractivity contribution in [3.8, 4) is 5.75 Å². The Balaban J connectivity index is 2.12. The number of methoxy groups -OCH3 is 1. The van der Waals surface area contributed by atoms with Crippen LogP contribution in [-0.2, 0) is 0 Å². The van der Waals surface area contributed by atoms with Crippen molar-refractivity contribution >= 4 is 51.4 Å². The van der Waals surface area contributed by atoms with E-state index in [1.54, 1.807) is 29.8 Å². The van der Waals surface area contributed by atoms with Gasteiger partial charge in [-0.15, -0.1) is 11.3 Å². The van der Waals surface area contributed by atoms with Crippen LogP contribution in [0.15, 0.2) is 17.2 Å². The second-order valence-electron chi connectivity index (χ2n) is 4.14. The van der Waals surface area contributed by atoms with E-state index in [1.165, 1.54) is 22.8 Å². The molecule has 0 amide bonds. The second kappa shape index (κ2) is 5.59. The molecule has 0 aromatic carbocycles. The summed E-state index contributed by atoms with van der Waals surface area (Å²) in [6.45, 7) is 1.94. The number of hydrogen-bond donors (Lipinski definition) is 0. The van der Waals surface area contributed by atoms with Gasteiger partial charge >= 0.3 is 5.56 Å². The third-order valence-corrected chi connectivity index (χ3v) is 4.71. The number of fused-ring (bicyclic) bond motifs is 1. The van der Waals surface area contributed by atoms with Gasteiger partial charge in [0.2, 0.25) is 5.75 Å². The highest BCUT2D eigenvalue weighted by atomic mass is 35.5. The van der Waals surface area contributed by atoms with Gasteiger partial charge in [0.25, 0.3) is 0 Å². The van der Waals surface area contributed by atoms with Crippen molar-refractivity contribution in [3.05, 3.63) is 42.7 Å². The summed E-state index contributed by atoms with van der Waals surface area (Å²) >= 11 is 8.74. The van der Waals surface area contributed by atoms with E-state index >= 15 is 0 Å². The largest absolute Gasteiger partial charge is 0.490 e. The van der Waals surface area contributed by atoms with Crippen LogP contribution in [0.1, 0.15) is 15.6 Å². The third kappa shape index (κ3) is 2.72. The van der Waals surface area contributed by atoms with Gasteiger partial charge in [0.1, 0.15) is 10.0 Å². The quantitative estimate of drug-likeness (QED) is 0.734. The number of aryl methyl sites for hydroxylation is 1. The zero-order valence-corrected chi connectivity index (χ0v) is 13.6. The molecule has 8 heteroatoms. The summed E-state index contributed by atoms with van der Waals surface area (Å²) in [5.41, 5.74) is 0.206. The SMILES string of the molecule is COc1c(/C=C/c2cnc(C)s2)nc2sc(Cl)cn2c1=O. The average Bonchev–Trinajstić information content (AvgIpc) is 3.02. The Morgan fingerprint density at radius 1 is 1.38 bits per heavy atom. The molecule has 3 rings (SSSR count). The van der Waals surface area contributed by atoms with Gasteiger partial charge < -0.3 is 4.74 Å². The number of nitrogens with zero attached hydrogens (tertiary/aromatic N) is 3. The van der Waals surface area contributed by atoms with Crippen molar-refractivity contribution in [1.82, 2.24) is 14.4 Å². The van der Waals surface area contributed by atoms with Gasteiger partial charge in [-0.05, 0) is 19.1 Å². The molecule has 0 N–H and O–H groups in total. The first-order valence-corrected chi connectivity index (χ1v) is 7.96. The molecule has 21 heavy (non-hydrogen) atoms. The highest BCUT2D eigenvalue weighted by Crippen LogP contribution is 2.24. The second-order valence-corrected chi connectivity index (χ2v) is 7.05. The molecule has 5 nitrogen and oxygen atoms in total. The van der Waals surface area contributed by atoms with Gasteiger partial charge in [-0.2, -0.15) is 0 Å². The Morgan fingerprint density at radius 3 is 2.86 bits per heavy atom. The highest BCUT2D eigenvalue weighted by molar-refractivity contribution is 7.20. The Labute approximate surface area is 133 Å². The van der Waals surface area contributed by atoms with Crippen LogP contribution in [0.5, 0.6) is 5.75 Å². The van der Waals surface area contributed by atoms with Crippen LogP contribution in [0, 0.1) is 6.92 Å². The van der Waals surface area contributed by atoms with Gasteiger partial charge in [0.05, 0.1) is 12.1 Å². The summed E-state index contributed by atoms with van der Waals surface area (Å²) in [7, 11) is 1.45. The van der Waals surface area contributed by atoms with E-state index in [2.05, 4.69) is 9.97 Å². The maximum Gasteiger partial charge on any atom is 0.301 e. The summed E-state index contributed by atoms with van der Waals surface area (Å²) in [6.07, 6.45) is 6.93. The predicted octanol–water partition coefficient (Wildman–Crippen LogP) is 3.35. The predicted molar refractivity (Wildman–Crippen MR) is 86.7 cm³/mol. The first-order valence-electron chi connectivity index (χ1n) is 5.94. The minimum atomic E-state index is -0.272. The summed E-state index contributed by atoms with van der Waals surface area (Å²) in [5, 5.41) is 0.982. The highest BCUT2D eigenvalue weighted by Gasteiger charge is 2.13. The zero-order valence-electron chi connectivity index (χ0n) is 11.2. The Hall–Kier alpha value is -1.70. The lowest BCUT2D eigenvalue weighted by atomic mass is 10.3. The van der Waals surface area contributed by atoms with E-state index in [0.29, 0.717) is 15.0 Å². The maximum absolute atomic E-state index is 12.3. The van der Waals surface area contributed by atoms with Crippen LogP contribution in [0.2, 0.25) is 4.34 Å². The summed E-state index contributed by atoms with van der Waals surface area (Å²) in [4.78, 5) is 22.4. The molecule has 0 bridgehead atoms. The standard InChI is InChI=1S/C13H10ClN3O2S2/c1-7-15-5-8(20-7)3-4-9-11(19-2)12(18)17-6-10(14)21-13(17)16-9/h3-6H,1-2H3/b4-3+. The molecule has 0 unspecified atom stereocenters. The van der Waals surface area contributed by atoms with Crippen molar-refractivity contribution in [2.75, 3.05) is 7.11 Å². The molecule has 3 aromatic heterocycles. The smallest absolute Gasteiger partial charge is 0.301 e. The van der Waals surface area contributed by atoms with Crippen molar-refractivity contribution in [2.24, 2.45) is 0 Å². The van der Waals surface area contributed by atoms with Gasteiger partial charge in [-0.1, -0.05) is 22.9 Å². The summed E-state index contributed by atoms with van der Waals surface area (Å²) < 4.78 is 7.08. The molecule has 3 aromatic rings. The average molecular weight is 340 g/mol. The molecule has 108 valence electrons. The molecule has 0 saturated carbocycles. The summed E-state index contributed by atoms with van der Waals surface area (Å²) in [5.74, 6) is 0.194. The topological polar surface area (TPSA) is 56.5 Å². The molecule has 0 aliphatic heterocycles. The fourth-order valence-corrected chi connectivity index (χ4v) is 3.54. The van der Waals surface area contributed by atoms with E-state index < -0.39 is 0 Å². The van der Waals surface area contributed by atoms with Crippen molar-refractivity contribution in [1.29, 1.82) is 0 Å². The normalized spacial score (nSPS) is 11.6. The molecule has 0 spiro atoms. The Bertz CT molecular complexity index is 895. The molecule has 0 aliphatic rings. The molecule has 0 radical (unpaired) electrons. The lowest BCUT2D eigenvalue weighted by molar-refractivity contribution is 0.404. The van der Waals surface area contributed by atoms with Crippen LogP contribution < -0.4 is 10.3 Å². The van der Waals surface area contributed by atoms with Crippen molar-refractivity contribution < 1.29 is 4.74 Å². The number of hydrogen-bond acceptors (Lipinski definition) is 6. The van der Waals surface area contributed by atoms with E-state index in [9.17, 15) is 4.79 Å². The van der Waals surface area contributed by atoms with Crippen LogP contribution >= 0.6 is 34.3 Å². The monoisotopic (exact) mass is 339 g/mol. The number of ether oxygens (including phenoxy) is 1. The van der Waals surface area contributed by atoms with Gasteiger partial charge in [0, 0.05) is 17.3 Å². The van der Waals surface area contributed by atoms with Crippen molar-refractivity contribution in [3.63, 3.8) is 0 Å². The van der Waals surface area contributed by atoms with Crippen LogP contribution in [0.3, 0.4) is 0 Å². The fourth-order valence-electron chi connectivity index (χ4n) is 1.84. The van der Waals surface area contributed by atoms with Gasteiger partial charge in [-0.25, -0.2) is 9.97 Å². The summed E-state index contributed by atoms with van der Waals surface area (Å²) in [6, 6.07) is 0. The molecule has 0 fully saturated rings. The maximum atomic E-state index is 12.3. The van der Waals surface area contributed by atoms with E-state index in [0.717, 1.165) is 9.88 Å². The fraction of sp³-hybridized carbons (Fsp3) is 0.154. The molecule has 0 saturated heterocycles. The minimum absolute atomic E-state index is 0.194. The minimum Gasteiger partial charge on any atom is -0.490 e. The zero-order chi connectivity index (χ0) is 15.0. The van der Waals surface area contributed by atoms with Crippen LogP contribution in [0.25, 0.3) is 17.1 Å². The number of aromatic nitrogens is 3.